The van der Waals surface area contributed by atoms with Crippen LogP contribution in [0.2, 0.25) is 0 Å². The number of aromatic nitrogens is 3. The molecule has 0 aliphatic carbocycles. The number of carboxylic acids is 1. The van der Waals surface area contributed by atoms with E-state index in [1.54, 1.807) is 0 Å². The molecule has 0 aliphatic rings. The van der Waals surface area contributed by atoms with Gasteiger partial charge in [-0.3, -0.25) is 9.59 Å². The first-order valence-corrected chi connectivity index (χ1v) is 5.45. The van der Waals surface area contributed by atoms with Gasteiger partial charge in [-0.15, -0.1) is 0 Å². The lowest BCUT2D eigenvalue weighted by Crippen LogP contribution is -2.55. The Hall–Kier alpha value is -2.45. The Morgan fingerprint density at radius 1 is 0.947 bits per heavy atom. The van der Waals surface area contributed by atoms with Gasteiger partial charge in [0.1, 0.15) is 12.3 Å². The van der Waals surface area contributed by atoms with Crippen LogP contribution < -0.4 is 17.1 Å². The van der Waals surface area contributed by atoms with Crippen LogP contribution in [0.5, 0.6) is 0 Å². The third kappa shape index (κ3) is 2.87. The first kappa shape index (κ1) is 14.6. The summed E-state index contributed by atoms with van der Waals surface area (Å²) in [5, 5.41) is 8.66. The van der Waals surface area contributed by atoms with Gasteiger partial charge in [-0.25, -0.2) is 28.1 Å². The van der Waals surface area contributed by atoms with Crippen LogP contribution in [-0.2, 0) is 29.2 Å². The summed E-state index contributed by atoms with van der Waals surface area (Å²) >= 11 is 0. The predicted octanol–water partition coefficient (Wildman–Crippen LogP) is -2.13. The van der Waals surface area contributed by atoms with E-state index in [9.17, 15) is 24.0 Å². The number of ketones is 1. The molecule has 1 rings (SSSR count). The van der Waals surface area contributed by atoms with E-state index >= 15 is 0 Å². The summed E-state index contributed by atoms with van der Waals surface area (Å²) in [5.74, 6) is -1.85. The van der Waals surface area contributed by atoms with Crippen molar-refractivity contribution < 1.29 is 14.7 Å². The Balaban J connectivity index is 3.71. The highest BCUT2D eigenvalue weighted by molar-refractivity contribution is 5.75. The summed E-state index contributed by atoms with van der Waals surface area (Å²) in [6.45, 7) is 1.27. The summed E-state index contributed by atoms with van der Waals surface area (Å²) in [6, 6.07) is 0. The molecule has 0 fully saturated rings. The highest BCUT2D eigenvalue weighted by Gasteiger charge is 2.16. The van der Waals surface area contributed by atoms with Gasteiger partial charge in [0.05, 0.1) is 6.54 Å². The molecular formula is C10H13N3O6. The molecule has 104 valence electrons. The molecule has 0 radical (unpaired) electrons. The molecule has 0 atom stereocenters. The molecule has 1 N–H and O–H groups in total. The molecule has 19 heavy (non-hydrogen) atoms. The summed E-state index contributed by atoms with van der Waals surface area (Å²) in [7, 11) is 0. The van der Waals surface area contributed by atoms with Crippen molar-refractivity contribution in [2.45, 2.75) is 33.5 Å². The van der Waals surface area contributed by atoms with E-state index in [-0.39, 0.29) is 6.54 Å². The van der Waals surface area contributed by atoms with Crippen molar-refractivity contribution in [3.63, 3.8) is 0 Å². The van der Waals surface area contributed by atoms with E-state index in [0.29, 0.717) is 13.7 Å². The summed E-state index contributed by atoms with van der Waals surface area (Å²) in [4.78, 5) is 57.1. The Labute approximate surface area is 106 Å². The number of Topliss-reactive ketones (excluding diaryl/α,β-unsaturated/α-hetero) is 1. The first-order chi connectivity index (χ1) is 8.79. The summed E-state index contributed by atoms with van der Waals surface area (Å²) < 4.78 is 1.67. The van der Waals surface area contributed by atoms with Gasteiger partial charge >= 0.3 is 23.0 Å². The molecule has 1 heterocycles. The van der Waals surface area contributed by atoms with E-state index in [1.807, 2.05) is 0 Å². The van der Waals surface area contributed by atoms with Crippen molar-refractivity contribution >= 4 is 11.8 Å². The van der Waals surface area contributed by atoms with Gasteiger partial charge < -0.3 is 5.11 Å². The minimum absolute atomic E-state index is 0.0323. The van der Waals surface area contributed by atoms with Crippen LogP contribution in [0.15, 0.2) is 14.4 Å². The largest absolute Gasteiger partial charge is 0.480 e. The van der Waals surface area contributed by atoms with Gasteiger partial charge in [-0.1, -0.05) is 0 Å². The number of hydrogen-bond acceptors (Lipinski definition) is 5. The lowest BCUT2D eigenvalue weighted by Gasteiger charge is -2.10. The second-order valence-electron chi connectivity index (χ2n) is 3.86. The average Bonchev–Trinajstić information content (AvgIpc) is 2.30. The van der Waals surface area contributed by atoms with E-state index in [1.165, 1.54) is 13.8 Å². The van der Waals surface area contributed by atoms with Gasteiger partial charge in [-0.2, -0.15) is 0 Å². The second-order valence-corrected chi connectivity index (χ2v) is 3.86. The maximum Gasteiger partial charge on any atom is 0.337 e. The van der Waals surface area contributed by atoms with Crippen LogP contribution in [-0.4, -0.2) is 30.6 Å². The lowest BCUT2D eigenvalue weighted by atomic mass is 10.4. The molecule has 0 saturated carbocycles. The zero-order chi connectivity index (χ0) is 14.7. The number of aliphatic carboxylic acids is 1. The van der Waals surface area contributed by atoms with Crippen LogP contribution in [0.3, 0.4) is 0 Å². The van der Waals surface area contributed by atoms with Gasteiger partial charge in [0.15, 0.2) is 0 Å². The molecule has 0 bridgehead atoms. The Morgan fingerprint density at radius 2 is 1.37 bits per heavy atom. The number of nitrogens with zero attached hydrogens (tertiary/aromatic N) is 3. The quantitative estimate of drug-likeness (QED) is 0.652. The fourth-order valence-electron chi connectivity index (χ4n) is 1.58. The molecule has 9 heteroatoms. The third-order valence-electron chi connectivity index (χ3n) is 2.38. The zero-order valence-electron chi connectivity index (χ0n) is 10.5. The molecule has 0 unspecified atom stereocenters. The van der Waals surface area contributed by atoms with Gasteiger partial charge in [-0.05, 0) is 13.8 Å². The molecule has 9 nitrogen and oxygen atoms in total. The predicted molar refractivity (Wildman–Crippen MR) is 63.2 cm³/mol. The van der Waals surface area contributed by atoms with Crippen LogP contribution in [0.1, 0.15) is 13.8 Å². The van der Waals surface area contributed by atoms with Crippen molar-refractivity contribution in [1.29, 1.82) is 0 Å². The molecule has 0 amide bonds. The second kappa shape index (κ2) is 5.46. The monoisotopic (exact) mass is 271 g/mol. The van der Waals surface area contributed by atoms with Crippen LogP contribution in [0.25, 0.3) is 0 Å². The third-order valence-corrected chi connectivity index (χ3v) is 2.38. The van der Waals surface area contributed by atoms with Gasteiger partial charge in [0.25, 0.3) is 0 Å². The summed E-state index contributed by atoms with van der Waals surface area (Å²) in [5.41, 5.74) is -3.02. The fraction of sp³-hybridized carbons (Fsp3) is 0.500. The zero-order valence-corrected chi connectivity index (χ0v) is 10.5. The number of rotatable bonds is 5. The normalized spacial score (nSPS) is 10.4. The molecule has 0 aromatic carbocycles. The summed E-state index contributed by atoms with van der Waals surface area (Å²) in [6.07, 6.45) is 0. The maximum absolute atomic E-state index is 11.8. The number of carbonyl (C=O) groups is 2. The lowest BCUT2D eigenvalue weighted by molar-refractivity contribution is -0.137. The van der Waals surface area contributed by atoms with E-state index in [0.717, 1.165) is 0 Å². The van der Waals surface area contributed by atoms with Crippen LogP contribution >= 0.6 is 0 Å². The molecule has 0 saturated heterocycles. The molecule has 0 aliphatic heterocycles. The molecule has 1 aromatic heterocycles. The van der Waals surface area contributed by atoms with E-state index in [2.05, 4.69) is 0 Å². The first-order valence-electron chi connectivity index (χ1n) is 5.45. The van der Waals surface area contributed by atoms with Crippen molar-refractivity contribution in [2.24, 2.45) is 0 Å². The molecule has 1 aromatic rings. The Morgan fingerprint density at radius 3 is 1.74 bits per heavy atom. The minimum Gasteiger partial charge on any atom is -0.480 e. The molecule has 0 spiro atoms. The van der Waals surface area contributed by atoms with Crippen molar-refractivity contribution in [1.82, 2.24) is 13.7 Å². The number of carboxylic acid groups (broad SMARTS) is 1. The van der Waals surface area contributed by atoms with Gasteiger partial charge in [0.2, 0.25) is 0 Å². The smallest absolute Gasteiger partial charge is 0.337 e. The van der Waals surface area contributed by atoms with Crippen molar-refractivity contribution in [3.05, 3.63) is 31.5 Å². The van der Waals surface area contributed by atoms with Crippen LogP contribution in [0, 0.1) is 0 Å². The highest BCUT2D eigenvalue weighted by Crippen LogP contribution is 1.79. The fourth-order valence-corrected chi connectivity index (χ4v) is 1.58. The van der Waals surface area contributed by atoms with E-state index in [4.69, 9.17) is 5.11 Å². The number of carbonyl (C=O) groups excluding carboxylic acids is 1. The highest BCUT2D eigenvalue weighted by atomic mass is 16.4. The Bertz CT molecular complexity index is 638. The maximum atomic E-state index is 11.8. The SMILES string of the molecule is CCn1c(=O)n(CC(C)=O)c(=O)n(CC(=O)O)c1=O. The van der Waals surface area contributed by atoms with E-state index < -0.39 is 41.9 Å². The standard InChI is InChI=1S/C10H13N3O6/c1-3-11-8(17)12(4-6(2)14)10(19)13(9(11)18)5-7(15)16/h3-5H2,1-2H3,(H,15,16). The topological polar surface area (TPSA) is 120 Å². The number of hydrogen-bond donors (Lipinski definition) is 1. The van der Waals surface area contributed by atoms with Crippen molar-refractivity contribution in [2.75, 3.05) is 0 Å². The molecular weight excluding hydrogens is 258 g/mol. The van der Waals surface area contributed by atoms with Crippen molar-refractivity contribution in [3.8, 4) is 0 Å². The van der Waals surface area contributed by atoms with Gasteiger partial charge in [0, 0.05) is 6.54 Å². The Kier molecular flexibility index (Phi) is 4.20. The minimum atomic E-state index is -1.39. The average molecular weight is 271 g/mol. The van der Waals surface area contributed by atoms with Crippen LogP contribution in [0.4, 0.5) is 0 Å².